The number of amides is 1. The quantitative estimate of drug-likeness (QED) is 0.794. The van der Waals surface area contributed by atoms with Crippen LogP contribution in [0.2, 0.25) is 5.02 Å². The fourth-order valence-corrected chi connectivity index (χ4v) is 1.15. The number of hydrogen-bond donors (Lipinski definition) is 2. The monoisotopic (exact) mass is 216 g/mol. The zero-order valence-electron chi connectivity index (χ0n) is 7.39. The zero-order chi connectivity index (χ0) is 10.6. The van der Waals surface area contributed by atoms with Gasteiger partial charge in [0.25, 0.3) is 0 Å². The minimum absolute atomic E-state index is 0.0458. The SMILES string of the molecule is NCC(=O)NCc1cccc(Cl)c1F. The Morgan fingerprint density at radius 1 is 1.57 bits per heavy atom. The molecule has 0 bridgehead atoms. The van der Waals surface area contributed by atoms with E-state index in [0.717, 1.165) is 0 Å². The Labute approximate surface area is 86.0 Å². The van der Waals surface area contributed by atoms with Crippen molar-refractivity contribution in [2.45, 2.75) is 6.54 Å². The van der Waals surface area contributed by atoms with Gasteiger partial charge in [-0.15, -0.1) is 0 Å². The summed E-state index contributed by atoms with van der Waals surface area (Å²) < 4.78 is 13.2. The smallest absolute Gasteiger partial charge is 0.234 e. The molecule has 1 aromatic carbocycles. The van der Waals surface area contributed by atoms with Crippen molar-refractivity contribution in [2.75, 3.05) is 6.54 Å². The molecule has 76 valence electrons. The van der Waals surface area contributed by atoms with E-state index >= 15 is 0 Å². The molecule has 0 fully saturated rings. The summed E-state index contributed by atoms with van der Waals surface area (Å²) >= 11 is 5.55. The second-order valence-corrected chi connectivity index (χ2v) is 3.10. The lowest BCUT2D eigenvalue weighted by molar-refractivity contribution is -0.119. The standard InChI is InChI=1S/C9H10ClFN2O/c10-7-3-1-2-6(9(7)11)5-13-8(14)4-12/h1-3H,4-5,12H2,(H,13,14). The van der Waals surface area contributed by atoms with Crippen LogP contribution < -0.4 is 11.1 Å². The van der Waals surface area contributed by atoms with Gasteiger partial charge < -0.3 is 11.1 Å². The predicted molar refractivity (Wildman–Crippen MR) is 52.3 cm³/mol. The van der Waals surface area contributed by atoms with Gasteiger partial charge in [0, 0.05) is 12.1 Å². The molecule has 1 rings (SSSR count). The van der Waals surface area contributed by atoms with E-state index in [1.807, 2.05) is 0 Å². The normalized spacial score (nSPS) is 9.93. The van der Waals surface area contributed by atoms with Crippen molar-refractivity contribution in [3.05, 3.63) is 34.6 Å². The first kappa shape index (κ1) is 10.9. The average molecular weight is 217 g/mol. The molecule has 3 nitrogen and oxygen atoms in total. The summed E-state index contributed by atoms with van der Waals surface area (Å²) in [6.07, 6.45) is 0. The Kier molecular flexibility index (Phi) is 3.85. The van der Waals surface area contributed by atoms with Crippen LogP contribution in [0.1, 0.15) is 5.56 Å². The number of carbonyl (C=O) groups is 1. The van der Waals surface area contributed by atoms with Gasteiger partial charge in [-0.05, 0) is 6.07 Å². The van der Waals surface area contributed by atoms with Crippen LogP contribution in [-0.4, -0.2) is 12.5 Å². The molecule has 0 heterocycles. The number of hydrogen-bond acceptors (Lipinski definition) is 2. The molecule has 0 unspecified atom stereocenters. The Hall–Kier alpha value is -1.13. The molecular formula is C9H10ClFN2O. The van der Waals surface area contributed by atoms with Crippen LogP contribution in [0.4, 0.5) is 4.39 Å². The van der Waals surface area contributed by atoms with Gasteiger partial charge >= 0.3 is 0 Å². The highest BCUT2D eigenvalue weighted by atomic mass is 35.5. The molecule has 0 aromatic heterocycles. The molecular weight excluding hydrogens is 207 g/mol. The highest BCUT2D eigenvalue weighted by Gasteiger charge is 2.06. The molecule has 0 aliphatic heterocycles. The lowest BCUT2D eigenvalue weighted by Gasteiger charge is -2.05. The summed E-state index contributed by atoms with van der Waals surface area (Å²) in [4.78, 5) is 10.8. The zero-order valence-corrected chi connectivity index (χ0v) is 8.14. The van der Waals surface area contributed by atoms with Gasteiger partial charge in [0.1, 0.15) is 5.82 Å². The van der Waals surface area contributed by atoms with Crippen molar-refractivity contribution in [1.82, 2.24) is 5.32 Å². The van der Waals surface area contributed by atoms with E-state index in [4.69, 9.17) is 17.3 Å². The molecule has 0 saturated heterocycles. The Balaban J connectivity index is 2.68. The lowest BCUT2D eigenvalue weighted by Crippen LogP contribution is -2.29. The average Bonchev–Trinajstić information content (AvgIpc) is 2.20. The third-order valence-electron chi connectivity index (χ3n) is 1.69. The minimum atomic E-state index is -0.508. The maximum absolute atomic E-state index is 13.2. The van der Waals surface area contributed by atoms with Crippen LogP contribution in [0.5, 0.6) is 0 Å². The van der Waals surface area contributed by atoms with Crippen molar-refractivity contribution >= 4 is 17.5 Å². The maximum Gasteiger partial charge on any atom is 0.234 e. The lowest BCUT2D eigenvalue weighted by atomic mass is 10.2. The van der Waals surface area contributed by atoms with Gasteiger partial charge in [-0.25, -0.2) is 4.39 Å². The number of benzene rings is 1. The molecule has 0 spiro atoms. The summed E-state index contributed by atoms with van der Waals surface area (Å²) in [7, 11) is 0. The molecule has 5 heteroatoms. The van der Waals surface area contributed by atoms with Crippen LogP contribution in [0.3, 0.4) is 0 Å². The molecule has 3 N–H and O–H groups in total. The summed E-state index contributed by atoms with van der Waals surface area (Å²) in [5.41, 5.74) is 5.42. The minimum Gasteiger partial charge on any atom is -0.351 e. The predicted octanol–water partition coefficient (Wildman–Crippen LogP) is 1.05. The molecule has 0 aliphatic rings. The fraction of sp³-hybridized carbons (Fsp3) is 0.222. The Morgan fingerprint density at radius 2 is 2.29 bits per heavy atom. The van der Waals surface area contributed by atoms with Crippen LogP contribution in [-0.2, 0) is 11.3 Å². The van der Waals surface area contributed by atoms with Gasteiger partial charge in [-0.3, -0.25) is 4.79 Å². The van der Waals surface area contributed by atoms with E-state index in [-0.39, 0.29) is 24.0 Å². The third-order valence-corrected chi connectivity index (χ3v) is 1.98. The van der Waals surface area contributed by atoms with Gasteiger partial charge in [-0.1, -0.05) is 23.7 Å². The van der Waals surface area contributed by atoms with Gasteiger partial charge in [0.05, 0.1) is 11.6 Å². The van der Waals surface area contributed by atoms with E-state index in [1.54, 1.807) is 12.1 Å². The highest BCUT2D eigenvalue weighted by Crippen LogP contribution is 2.17. The van der Waals surface area contributed by atoms with Crippen molar-refractivity contribution in [2.24, 2.45) is 5.73 Å². The van der Waals surface area contributed by atoms with Crippen molar-refractivity contribution in [1.29, 1.82) is 0 Å². The first-order valence-electron chi connectivity index (χ1n) is 4.05. The number of carbonyl (C=O) groups excluding carboxylic acids is 1. The van der Waals surface area contributed by atoms with E-state index in [2.05, 4.69) is 5.32 Å². The largest absolute Gasteiger partial charge is 0.351 e. The van der Waals surface area contributed by atoms with E-state index in [0.29, 0.717) is 5.56 Å². The van der Waals surface area contributed by atoms with Crippen molar-refractivity contribution in [3.8, 4) is 0 Å². The fourth-order valence-electron chi connectivity index (χ4n) is 0.951. The first-order valence-corrected chi connectivity index (χ1v) is 4.42. The van der Waals surface area contributed by atoms with Gasteiger partial charge in [-0.2, -0.15) is 0 Å². The van der Waals surface area contributed by atoms with Crippen LogP contribution in [0.25, 0.3) is 0 Å². The Morgan fingerprint density at radius 3 is 2.93 bits per heavy atom. The van der Waals surface area contributed by atoms with E-state index in [9.17, 15) is 9.18 Å². The van der Waals surface area contributed by atoms with Crippen LogP contribution >= 0.6 is 11.6 Å². The number of nitrogens with one attached hydrogen (secondary N) is 1. The van der Waals surface area contributed by atoms with Crippen molar-refractivity contribution < 1.29 is 9.18 Å². The van der Waals surface area contributed by atoms with E-state index < -0.39 is 5.82 Å². The number of nitrogens with two attached hydrogens (primary N) is 1. The molecule has 1 amide bonds. The van der Waals surface area contributed by atoms with Gasteiger partial charge in [0.2, 0.25) is 5.91 Å². The van der Waals surface area contributed by atoms with Crippen molar-refractivity contribution in [3.63, 3.8) is 0 Å². The summed E-state index contributed by atoms with van der Waals surface area (Å²) in [6, 6.07) is 4.62. The third kappa shape index (κ3) is 2.68. The summed E-state index contributed by atoms with van der Waals surface area (Å²) in [5, 5.41) is 2.50. The number of rotatable bonds is 3. The summed E-state index contributed by atoms with van der Waals surface area (Å²) in [6.45, 7) is -0.00931. The topological polar surface area (TPSA) is 55.1 Å². The molecule has 0 aliphatic carbocycles. The highest BCUT2D eigenvalue weighted by molar-refractivity contribution is 6.30. The number of halogens is 2. The molecule has 14 heavy (non-hydrogen) atoms. The second-order valence-electron chi connectivity index (χ2n) is 2.69. The molecule has 0 saturated carbocycles. The van der Waals surface area contributed by atoms with Crippen LogP contribution in [0.15, 0.2) is 18.2 Å². The molecule has 1 aromatic rings. The van der Waals surface area contributed by atoms with Crippen LogP contribution in [0, 0.1) is 5.82 Å². The summed E-state index contributed by atoms with van der Waals surface area (Å²) in [5.74, 6) is -0.837. The molecule has 0 radical (unpaired) electrons. The van der Waals surface area contributed by atoms with Gasteiger partial charge in [0.15, 0.2) is 0 Å². The first-order chi connectivity index (χ1) is 6.65. The second kappa shape index (κ2) is 4.93. The Bertz CT molecular complexity index is 344. The van der Waals surface area contributed by atoms with E-state index in [1.165, 1.54) is 6.07 Å². The molecule has 0 atom stereocenters. The maximum atomic E-state index is 13.2.